The highest BCUT2D eigenvalue weighted by molar-refractivity contribution is 9.10. The maximum Gasteiger partial charge on any atom is 0.262 e. The van der Waals surface area contributed by atoms with Gasteiger partial charge < -0.3 is 0 Å². The van der Waals surface area contributed by atoms with Crippen LogP contribution in [0.4, 0.5) is 0 Å². The maximum absolute atomic E-state index is 12.6. The fourth-order valence-electron chi connectivity index (χ4n) is 2.19. The van der Waals surface area contributed by atoms with E-state index in [2.05, 4.69) is 25.9 Å². The predicted molar refractivity (Wildman–Crippen MR) is 93.2 cm³/mol. The van der Waals surface area contributed by atoms with Crippen molar-refractivity contribution in [2.75, 3.05) is 0 Å². The molecule has 4 nitrogen and oxygen atoms in total. The third kappa shape index (κ3) is 3.08. The van der Waals surface area contributed by atoms with Crippen LogP contribution >= 0.6 is 27.7 Å². The van der Waals surface area contributed by atoms with Crippen LogP contribution in [0.25, 0.3) is 10.9 Å². The lowest BCUT2D eigenvalue weighted by Crippen LogP contribution is -2.22. The molecule has 0 N–H and O–H groups in total. The number of rotatable bonds is 4. The lowest BCUT2D eigenvalue weighted by molar-refractivity contribution is 0.634. The van der Waals surface area contributed by atoms with E-state index in [1.54, 1.807) is 22.5 Å². The smallest absolute Gasteiger partial charge is 0.262 e. The van der Waals surface area contributed by atoms with E-state index in [4.69, 9.17) is 0 Å². The minimum absolute atomic E-state index is 0.00230. The SMILES string of the molecule is CCn1c(SCc2cccnc2)nc2ccc(Br)cc2c1=O. The molecule has 0 aliphatic carbocycles. The molecular weight excluding hydrogens is 362 g/mol. The second-order valence-corrected chi connectivity index (χ2v) is 6.61. The zero-order chi connectivity index (χ0) is 15.5. The van der Waals surface area contributed by atoms with Crippen molar-refractivity contribution in [2.24, 2.45) is 0 Å². The van der Waals surface area contributed by atoms with E-state index in [9.17, 15) is 4.79 Å². The van der Waals surface area contributed by atoms with Gasteiger partial charge in [0.15, 0.2) is 5.16 Å². The Labute approximate surface area is 140 Å². The number of hydrogen-bond donors (Lipinski definition) is 0. The zero-order valence-corrected chi connectivity index (χ0v) is 14.4. The third-order valence-electron chi connectivity index (χ3n) is 3.29. The quantitative estimate of drug-likeness (QED) is 0.512. The van der Waals surface area contributed by atoms with E-state index in [0.29, 0.717) is 11.9 Å². The number of nitrogens with zero attached hydrogens (tertiary/aromatic N) is 3. The van der Waals surface area contributed by atoms with Crippen LogP contribution < -0.4 is 5.56 Å². The van der Waals surface area contributed by atoms with Gasteiger partial charge in [-0.2, -0.15) is 0 Å². The Balaban J connectivity index is 2.01. The molecule has 22 heavy (non-hydrogen) atoms. The van der Waals surface area contributed by atoms with Gasteiger partial charge in [0.25, 0.3) is 5.56 Å². The summed E-state index contributed by atoms with van der Waals surface area (Å²) in [5.41, 5.74) is 1.84. The van der Waals surface area contributed by atoms with Crippen LogP contribution in [0.1, 0.15) is 12.5 Å². The first-order chi connectivity index (χ1) is 10.7. The number of fused-ring (bicyclic) bond motifs is 1. The molecule has 3 rings (SSSR count). The molecular formula is C16H14BrN3OS. The molecule has 0 aliphatic rings. The van der Waals surface area contributed by atoms with Crippen molar-refractivity contribution < 1.29 is 0 Å². The standard InChI is InChI=1S/C16H14BrN3OS/c1-2-20-15(21)13-8-12(17)5-6-14(13)19-16(20)22-10-11-4-3-7-18-9-11/h3-9H,2,10H2,1H3. The largest absolute Gasteiger partial charge is 0.287 e. The molecule has 1 aromatic carbocycles. The van der Waals surface area contributed by atoms with Gasteiger partial charge in [-0.1, -0.05) is 33.8 Å². The van der Waals surface area contributed by atoms with Gasteiger partial charge in [-0.05, 0) is 36.8 Å². The molecule has 3 aromatic rings. The van der Waals surface area contributed by atoms with E-state index in [1.165, 1.54) is 0 Å². The molecule has 2 heterocycles. The van der Waals surface area contributed by atoms with E-state index in [1.807, 2.05) is 43.5 Å². The van der Waals surface area contributed by atoms with Crippen molar-refractivity contribution in [3.05, 3.63) is 63.1 Å². The van der Waals surface area contributed by atoms with Gasteiger partial charge in [-0.25, -0.2) is 4.98 Å². The summed E-state index contributed by atoms with van der Waals surface area (Å²) in [6, 6.07) is 9.53. The highest BCUT2D eigenvalue weighted by Crippen LogP contribution is 2.23. The monoisotopic (exact) mass is 375 g/mol. The number of thioether (sulfide) groups is 1. The summed E-state index contributed by atoms with van der Waals surface area (Å²) >= 11 is 4.96. The highest BCUT2D eigenvalue weighted by Gasteiger charge is 2.11. The van der Waals surface area contributed by atoms with Gasteiger partial charge in [0.05, 0.1) is 10.9 Å². The Kier molecular flexibility index (Phi) is 4.59. The lowest BCUT2D eigenvalue weighted by Gasteiger charge is -2.11. The molecule has 0 saturated carbocycles. The average Bonchev–Trinajstić information content (AvgIpc) is 2.55. The second kappa shape index (κ2) is 6.62. The number of halogens is 1. The Hall–Kier alpha value is -1.66. The summed E-state index contributed by atoms with van der Waals surface area (Å²) in [6.45, 7) is 2.56. The maximum atomic E-state index is 12.6. The van der Waals surface area contributed by atoms with Crippen molar-refractivity contribution in [3.63, 3.8) is 0 Å². The first-order valence-electron chi connectivity index (χ1n) is 6.91. The summed E-state index contributed by atoms with van der Waals surface area (Å²) in [5, 5.41) is 1.38. The van der Waals surface area contributed by atoms with Gasteiger partial charge >= 0.3 is 0 Å². The minimum atomic E-state index is 0.00230. The molecule has 0 amide bonds. The van der Waals surface area contributed by atoms with Crippen molar-refractivity contribution in [2.45, 2.75) is 24.4 Å². The molecule has 0 unspecified atom stereocenters. The van der Waals surface area contributed by atoms with Crippen molar-refractivity contribution in [3.8, 4) is 0 Å². The molecule has 6 heteroatoms. The zero-order valence-electron chi connectivity index (χ0n) is 12.0. The van der Waals surface area contributed by atoms with Gasteiger partial charge in [0.1, 0.15) is 0 Å². The number of benzene rings is 1. The van der Waals surface area contributed by atoms with Gasteiger partial charge in [-0.3, -0.25) is 14.3 Å². The summed E-state index contributed by atoms with van der Waals surface area (Å²) in [7, 11) is 0. The van der Waals surface area contributed by atoms with Crippen LogP contribution in [0.15, 0.2) is 57.1 Å². The Morgan fingerprint density at radius 3 is 2.91 bits per heavy atom. The molecule has 0 fully saturated rings. The summed E-state index contributed by atoms with van der Waals surface area (Å²) in [6.07, 6.45) is 3.59. The molecule has 0 bridgehead atoms. The van der Waals surface area contributed by atoms with Crippen LogP contribution in [0.2, 0.25) is 0 Å². The summed E-state index contributed by atoms with van der Waals surface area (Å²) in [4.78, 5) is 21.4. The topological polar surface area (TPSA) is 47.8 Å². The predicted octanol–water partition coefficient (Wildman–Crippen LogP) is 3.87. The fourth-order valence-corrected chi connectivity index (χ4v) is 3.55. The van der Waals surface area contributed by atoms with Gasteiger partial charge in [0.2, 0.25) is 0 Å². The second-order valence-electron chi connectivity index (χ2n) is 4.76. The van der Waals surface area contributed by atoms with Gasteiger partial charge in [0, 0.05) is 29.2 Å². The van der Waals surface area contributed by atoms with E-state index in [0.717, 1.165) is 26.5 Å². The third-order valence-corrected chi connectivity index (χ3v) is 4.83. The Morgan fingerprint density at radius 1 is 1.32 bits per heavy atom. The van der Waals surface area contributed by atoms with Crippen molar-refractivity contribution >= 4 is 38.6 Å². The lowest BCUT2D eigenvalue weighted by atomic mass is 10.2. The van der Waals surface area contributed by atoms with Gasteiger partial charge in [-0.15, -0.1) is 0 Å². The molecule has 0 atom stereocenters. The molecule has 0 aliphatic heterocycles. The number of pyridine rings is 1. The first kappa shape index (κ1) is 15.2. The Morgan fingerprint density at radius 2 is 2.18 bits per heavy atom. The minimum Gasteiger partial charge on any atom is -0.287 e. The molecule has 0 spiro atoms. The average molecular weight is 376 g/mol. The molecule has 2 aromatic heterocycles. The van der Waals surface area contributed by atoms with E-state index < -0.39 is 0 Å². The number of hydrogen-bond acceptors (Lipinski definition) is 4. The van der Waals surface area contributed by atoms with Crippen LogP contribution in [0.3, 0.4) is 0 Å². The van der Waals surface area contributed by atoms with Crippen LogP contribution in [0, 0.1) is 0 Å². The van der Waals surface area contributed by atoms with Crippen LogP contribution in [-0.4, -0.2) is 14.5 Å². The van der Waals surface area contributed by atoms with E-state index >= 15 is 0 Å². The van der Waals surface area contributed by atoms with E-state index in [-0.39, 0.29) is 5.56 Å². The van der Waals surface area contributed by atoms with Crippen LogP contribution in [-0.2, 0) is 12.3 Å². The number of aromatic nitrogens is 3. The molecule has 0 radical (unpaired) electrons. The normalized spacial score (nSPS) is 11.0. The summed E-state index contributed by atoms with van der Waals surface area (Å²) in [5.74, 6) is 0.738. The van der Waals surface area contributed by atoms with Crippen molar-refractivity contribution in [1.82, 2.24) is 14.5 Å². The van der Waals surface area contributed by atoms with Crippen molar-refractivity contribution in [1.29, 1.82) is 0 Å². The highest BCUT2D eigenvalue weighted by atomic mass is 79.9. The Bertz CT molecular complexity index is 864. The fraction of sp³-hybridized carbons (Fsp3) is 0.188. The molecule has 112 valence electrons. The molecule has 0 saturated heterocycles. The summed E-state index contributed by atoms with van der Waals surface area (Å²) < 4.78 is 2.60. The van der Waals surface area contributed by atoms with Crippen LogP contribution in [0.5, 0.6) is 0 Å². The first-order valence-corrected chi connectivity index (χ1v) is 8.68.